The molecule has 1 atom stereocenters. The predicted molar refractivity (Wildman–Crippen MR) is 39.2 cm³/mol. The van der Waals surface area contributed by atoms with E-state index in [1.165, 1.54) is 11.1 Å². The highest BCUT2D eigenvalue weighted by Gasteiger charge is 2.33. The molecule has 0 saturated carbocycles. The number of hydrogen-bond donors (Lipinski definition) is 1. The Morgan fingerprint density at radius 2 is 2.45 bits per heavy atom. The summed E-state index contributed by atoms with van der Waals surface area (Å²) in [5, 5.41) is 0. The van der Waals surface area contributed by atoms with Crippen molar-refractivity contribution in [3.05, 3.63) is 12.8 Å². The molecule has 0 aromatic rings. The molecule has 0 radical (unpaired) electrons. The zero-order valence-corrected chi connectivity index (χ0v) is 6.12. The van der Waals surface area contributed by atoms with Crippen LogP contribution in [0.3, 0.4) is 0 Å². The zero-order chi connectivity index (χ0) is 8.43. The van der Waals surface area contributed by atoms with E-state index in [1.54, 1.807) is 0 Å². The molecular weight excluding hydrogens is 144 g/mol. The van der Waals surface area contributed by atoms with Gasteiger partial charge in [-0.05, 0) is 12.6 Å². The average Bonchev–Trinajstić information content (AvgIpc) is 2.30. The molecule has 1 aliphatic heterocycles. The number of nitrogens with zero attached hydrogens (tertiary/aromatic N) is 1. The van der Waals surface area contributed by atoms with Crippen LogP contribution in [-0.4, -0.2) is 23.3 Å². The summed E-state index contributed by atoms with van der Waals surface area (Å²) in [5.74, 6) is -1.40. The third kappa shape index (κ3) is 1.24. The van der Waals surface area contributed by atoms with E-state index in [9.17, 15) is 9.59 Å². The normalized spacial score (nSPS) is 23.8. The van der Waals surface area contributed by atoms with Gasteiger partial charge in [0, 0.05) is 6.54 Å². The molecule has 1 rings (SSSR count). The molecule has 11 heavy (non-hydrogen) atoms. The van der Waals surface area contributed by atoms with Gasteiger partial charge < -0.3 is 10.6 Å². The van der Waals surface area contributed by atoms with Crippen molar-refractivity contribution in [2.45, 2.75) is 6.42 Å². The van der Waals surface area contributed by atoms with E-state index in [0.29, 0.717) is 13.0 Å². The number of nitrogens with two attached hydrogens (primary N) is 1. The van der Waals surface area contributed by atoms with E-state index in [-0.39, 0.29) is 5.91 Å². The number of primary amides is 1. The Balaban J connectivity index is 2.70. The average molecular weight is 154 g/mol. The molecule has 2 N–H and O–H groups in total. The van der Waals surface area contributed by atoms with Gasteiger partial charge in [-0.15, -0.1) is 0 Å². The lowest BCUT2D eigenvalue weighted by Gasteiger charge is -2.07. The lowest BCUT2D eigenvalue weighted by Crippen LogP contribution is -2.30. The summed E-state index contributed by atoms with van der Waals surface area (Å²) in [7, 11) is 0. The van der Waals surface area contributed by atoms with Crippen molar-refractivity contribution in [1.29, 1.82) is 0 Å². The second kappa shape index (κ2) is 2.74. The van der Waals surface area contributed by atoms with Gasteiger partial charge in [-0.25, -0.2) is 0 Å². The SMILES string of the molecule is C=CN1CCC(C(N)=O)C1=O. The van der Waals surface area contributed by atoms with Gasteiger partial charge in [0.05, 0.1) is 0 Å². The van der Waals surface area contributed by atoms with Gasteiger partial charge in [0.15, 0.2) is 0 Å². The van der Waals surface area contributed by atoms with Gasteiger partial charge in [0.1, 0.15) is 5.92 Å². The quantitative estimate of drug-likeness (QED) is 0.543. The Morgan fingerprint density at radius 3 is 2.73 bits per heavy atom. The largest absolute Gasteiger partial charge is 0.369 e. The van der Waals surface area contributed by atoms with Crippen molar-refractivity contribution in [3.8, 4) is 0 Å². The number of rotatable bonds is 2. The molecule has 0 aliphatic carbocycles. The van der Waals surface area contributed by atoms with Crippen molar-refractivity contribution >= 4 is 11.8 Å². The maximum Gasteiger partial charge on any atom is 0.239 e. The molecule has 4 nitrogen and oxygen atoms in total. The highest BCUT2D eigenvalue weighted by atomic mass is 16.2. The van der Waals surface area contributed by atoms with Gasteiger partial charge >= 0.3 is 0 Å². The summed E-state index contributed by atoms with van der Waals surface area (Å²) in [5.41, 5.74) is 4.98. The van der Waals surface area contributed by atoms with Crippen LogP contribution in [0.5, 0.6) is 0 Å². The van der Waals surface area contributed by atoms with Crippen molar-refractivity contribution in [2.24, 2.45) is 11.7 Å². The molecule has 4 heteroatoms. The predicted octanol–water partition coefficient (Wildman–Crippen LogP) is -0.536. The Labute approximate surface area is 64.7 Å². The molecule has 1 saturated heterocycles. The number of hydrogen-bond acceptors (Lipinski definition) is 2. The Morgan fingerprint density at radius 1 is 1.82 bits per heavy atom. The molecule has 1 fully saturated rings. The van der Waals surface area contributed by atoms with Gasteiger partial charge in [-0.1, -0.05) is 6.58 Å². The Bertz CT molecular complexity index is 212. The first kappa shape index (κ1) is 7.78. The van der Waals surface area contributed by atoms with Crippen LogP contribution in [0.15, 0.2) is 12.8 Å². The van der Waals surface area contributed by atoms with Crippen molar-refractivity contribution in [2.75, 3.05) is 6.54 Å². The van der Waals surface area contributed by atoms with E-state index < -0.39 is 11.8 Å². The lowest BCUT2D eigenvalue weighted by molar-refractivity contribution is -0.134. The summed E-state index contributed by atoms with van der Waals surface area (Å²) in [6.07, 6.45) is 1.94. The minimum absolute atomic E-state index is 0.229. The zero-order valence-electron chi connectivity index (χ0n) is 6.12. The van der Waals surface area contributed by atoms with Gasteiger partial charge in [0.25, 0.3) is 0 Å². The number of carbonyl (C=O) groups is 2. The Kier molecular flexibility index (Phi) is 1.94. The summed E-state index contributed by atoms with van der Waals surface area (Å²) < 4.78 is 0. The van der Waals surface area contributed by atoms with Crippen LogP contribution >= 0.6 is 0 Å². The van der Waals surface area contributed by atoms with E-state index in [0.717, 1.165) is 0 Å². The first-order valence-electron chi connectivity index (χ1n) is 3.39. The van der Waals surface area contributed by atoms with E-state index >= 15 is 0 Å². The highest BCUT2D eigenvalue weighted by Crippen LogP contribution is 2.16. The Hall–Kier alpha value is -1.32. The first-order valence-corrected chi connectivity index (χ1v) is 3.39. The second-order valence-electron chi connectivity index (χ2n) is 2.46. The molecular formula is C7H10N2O2. The fourth-order valence-electron chi connectivity index (χ4n) is 1.15. The highest BCUT2D eigenvalue weighted by molar-refractivity contribution is 6.01. The third-order valence-corrected chi connectivity index (χ3v) is 1.80. The molecule has 0 aromatic heterocycles. The fourth-order valence-corrected chi connectivity index (χ4v) is 1.15. The molecule has 1 heterocycles. The van der Waals surface area contributed by atoms with Crippen molar-refractivity contribution in [3.63, 3.8) is 0 Å². The molecule has 0 aromatic carbocycles. The summed E-state index contributed by atoms with van der Waals surface area (Å²) in [4.78, 5) is 23.2. The van der Waals surface area contributed by atoms with Gasteiger partial charge in [-0.3, -0.25) is 9.59 Å². The van der Waals surface area contributed by atoms with Crippen LogP contribution in [-0.2, 0) is 9.59 Å². The van der Waals surface area contributed by atoms with Crippen LogP contribution in [0.2, 0.25) is 0 Å². The standard InChI is InChI=1S/C7H10N2O2/c1-2-9-4-3-5(6(8)10)7(9)11/h2,5H,1,3-4H2,(H2,8,10). The van der Waals surface area contributed by atoms with Crippen LogP contribution in [0.4, 0.5) is 0 Å². The van der Waals surface area contributed by atoms with Crippen molar-refractivity contribution in [1.82, 2.24) is 4.90 Å². The van der Waals surface area contributed by atoms with Crippen LogP contribution in [0.1, 0.15) is 6.42 Å². The molecule has 60 valence electrons. The summed E-state index contributed by atoms with van der Waals surface area (Å²) in [6, 6.07) is 0. The van der Waals surface area contributed by atoms with Gasteiger partial charge in [-0.2, -0.15) is 0 Å². The van der Waals surface area contributed by atoms with Gasteiger partial charge in [0.2, 0.25) is 11.8 Å². The summed E-state index contributed by atoms with van der Waals surface area (Å²) >= 11 is 0. The van der Waals surface area contributed by atoms with E-state index in [4.69, 9.17) is 5.73 Å². The molecule has 1 unspecified atom stereocenters. The molecule has 0 bridgehead atoms. The molecule has 2 amide bonds. The fraction of sp³-hybridized carbons (Fsp3) is 0.429. The minimum atomic E-state index is -0.631. The van der Waals surface area contributed by atoms with E-state index in [2.05, 4.69) is 6.58 Å². The number of likely N-dealkylation sites (tertiary alicyclic amines) is 1. The van der Waals surface area contributed by atoms with Crippen LogP contribution < -0.4 is 5.73 Å². The van der Waals surface area contributed by atoms with Crippen molar-refractivity contribution < 1.29 is 9.59 Å². The second-order valence-corrected chi connectivity index (χ2v) is 2.46. The van der Waals surface area contributed by atoms with E-state index in [1.807, 2.05) is 0 Å². The monoisotopic (exact) mass is 154 g/mol. The number of carbonyl (C=O) groups excluding carboxylic acids is 2. The maximum absolute atomic E-state index is 11.1. The number of amides is 2. The van der Waals surface area contributed by atoms with Crippen LogP contribution in [0, 0.1) is 5.92 Å². The lowest BCUT2D eigenvalue weighted by atomic mass is 10.1. The topological polar surface area (TPSA) is 63.4 Å². The van der Waals surface area contributed by atoms with Crippen LogP contribution in [0.25, 0.3) is 0 Å². The first-order chi connectivity index (χ1) is 5.16. The molecule has 0 spiro atoms. The third-order valence-electron chi connectivity index (χ3n) is 1.80. The summed E-state index contributed by atoms with van der Waals surface area (Å²) in [6.45, 7) is 3.99. The molecule has 1 aliphatic rings. The minimum Gasteiger partial charge on any atom is -0.369 e. The maximum atomic E-state index is 11.1. The smallest absolute Gasteiger partial charge is 0.239 e.